The lowest BCUT2D eigenvalue weighted by Crippen LogP contribution is -2.29. The number of likely N-dealkylation sites (tertiary alicyclic amines) is 1. The van der Waals surface area contributed by atoms with Gasteiger partial charge in [-0.3, -0.25) is 14.6 Å². The fraction of sp³-hybridized carbons (Fsp3) is 0.240. The van der Waals surface area contributed by atoms with Crippen molar-refractivity contribution in [2.75, 3.05) is 6.61 Å². The van der Waals surface area contributed by atoms with E-state index in [1.807, 2.05) is 13.0 Å². The van der Waals surface area contributed by atoms with Crippen LogP contribution >= 0.6 is 0 Å². The molecule has 1 atom stereocenters. The Balaban J connectivity index is 1.80. The fourth-order valence-corrected chi connectivity index (χ4v) is 3.74. The van der Waals surface area contributed by atoms with Crippen LogP contribution in [-0.2, 0) is 16.1 Å². The van der Waals surface area contributed by atoms with Crippen LogP contribution in [0.2, 0.25) is 0 Å². The zero-order valence-corrected chi connectivity index (χ0v) is 17.9. The molecule has 1 aliphatic rings. The van der Waals surface area contributed by atoms with Gasteiger partial charge in [0, 0.05) is 24.5 Å². The van der Waals surface area contributed by atoms with E-state index in [1.54, 1.807) is 61.8 Å². The Hall–Kier alpha value is -3.87. The summed E-state index contributed by atoms with van der Waals surface area (Å²) in [4.78, 5) is 31.6. The summed E-state index contributed by atoms with van der Waals surface area (Å²) in [6.45, 7) is 4.47. The quantitative estimate of drug-likeness (QED) is 0.338. The van der Waals surface area contributed by atoms with Gasteiger partial charge in [-0.05, 0) is 49.2 Å². The number of amides is 1. The first kappa shape index (κ1) is 21.4. The molecule has 3 aromatic rings. The van der Waals surface area contributed by atoms with Crippen LogP contribution < -0.4 is 4.74 Å². The van der Waals surface area contributed by atoms with Gasteiger partial charge in [-0.2, -0.15) is 0 Å². The first-order valence-electron chi connectivity index (χ1n) is 10.5. The van der Waals surface area contributed by atoms with E-state index < -0.39 is 17.7 Å². The van der Waals surface area contributed by atoms with E-state index in [0.29, 0.717) is 29.4 Å². The number of furan rings is 1. The Kier molecular flexibility index (Phi) is 6.07. The molecule has 3 heterocycles. The number of aliphatic hydroxyl groups is 1. The van der Waals surface area contributed by atoms with Crippen molar-refractivity contribution in [1.82, 2.24) is 9.88 Å². The van der Waals surface area contributed by atoms with Gasteiger partial charge >= 0.3 is 0 Å². The van der Waals surface area contributed by atoms with Gasteiger partial charge in [0.15, 0.2) is 0 Å². The van der Waals surface area contributed by atoms with Gasteiger partial charge in [-0.25, -0.2) is 0 Å². The summed E-state index contributed by atoms with van der Waals surface area (Å²) in [5.74, 6) is -0.102. The van der Waals surface area contributed by atoms with Gasteiger partial charge in [-0.1, -0.05) is 25.1 Å². The number of aryl methyl sites for hydroxylation is 1. The maximum Gasteiger partial charge on any atom is 0.296 e. The molecule has 2 aromatic heterocycles. The summed E-state index contributed by atoms with van der Waals surface area (Å²) in [6.07, 6.45) is 4.12. The summed E-state index contributed by atoms with van der Waals surface area (Å²) >= 11 is 0. The Morgan fingerprint density at radius 3 is 2.72 bits per heavy atom. The normalized spacial score (nSPS) is 17.7. The Morgan fingerprint density at radius 1 is 1.19 bits per heavy atom. The van der Waals surface area contributed by atoms with Gasteiger partial charge in [-0.15, -0.1) is 0 Å². The van der Waals surface area contributed by atoms with E-state index in [4.69, 9.17) is 9.15 Å². The minimum absolute atomic E-state index is 0.0131. The van der Waals surface area contributed by atoms with Crippen LogP contribution in [0.3, 0.4) is 0 Å². The Bertz CT molecular complexity index is 1170. The molecule has 1 fully saturated rings. The smallest absolute Gasteiger partial charge is 0.296 e. The highest BCUT2D eigenvalue weighted by molar-refractivity contribution is 6.46. The molecule has 1 N–H and O–H groups in total. The van der Waals surface area contributed by atoms with Crippen LogP contribution in [-0.4, -0.2) is 33.3 Å². The zero-order valence-electron chi connectivity index (χ0n) is 17.9. The number of benzene rings is 1. The molecule has 1 aliphatic heterocycles. The van der Waals surface area contributed by atoms with Gasteiger partial charge in [0.05, 0.1) is 12.2 Å². The highest BCUT2D eigenvalue weighted by Gasteiger charge is 2.47. The van der Waals surface area contributed by atoms with Gasteiger partial charge in [0.1, 0.15) is 29.1 Å². The number of ether oxygens (including phenoxy) is 1. The highest BCUT2D eigenvalue weighted by Crippen LogP contribution is 2.41. The zero-order chi connectivity index (χ0) is 22.7. The van der Waals surface area contributed by atoms with Crippen LogP contribution in [0.1, 0.15) is 42.0 Å². The molecule has 32 heavy (non-hydrogen) atoms. The van der Waals surface area contributed by atoms with E-state index in [2.05, 4.69) is 4.98 Å². The number of carbonyl (C=O) groups excluding carboxylic acids is 2. The summed E-state index contributed by atoms with van der Waals surface area (Å²) in [6, 6.07) is 13.1. The first-order valence-corrected chi connectivity index (χ1v) is 10.5. The third-order valence-corrected chi connectivity index (χ3v) is 5.23. The second-order valence-electron chi connectivity index (χ2n) is 7.61. The fourth-order valence-electron chi connectivity index (χ4n) is 3.74. The lowest BCUT2D eigenvalue weighted by molar-refractivity contribution is -0.140. The molecule has 7 nitrogen and oxygen atoms in total. The first-order chi connectivity index (χ1) is 15.5. The molecule has 7 heteroatoms. The number of aromatic nitrogens is 1. The van der Waals surface area contributed by atoms with Crippen molar-refractivity contribution in [2.45, 2.75) is 32.9 Å². The maximum absolute atomic E-state index is 13.1. The maximum atomic E-state index is 13.1. The second kappa shape index (κ2) is 9.09. The van der Waals surface area contributed by atoms with Crippen molar-refractivity contribution in [3.05, 3.63) is 89.1 Å². The van der Waals surface area contributed by atoms with E-state index in [1.165, 1.54) is 4.90 Å². The van der Waals surface area contributed by atoms with E-state index in [9.17, 15) is 14.7 Å². The van der Waals surface area contributed by atoms with Crippen LogP contribution in [0.4, 0.5) is 0 Å². The molecular formula is C25H24N2O5. The summed E-state index contributed by atoms with van der Waals surface area (Å²) < 4.78 is 11.4. The molecule has 1 amide bonds. The monoisotopic (exact) mass is 432 g/mol. The average molecular weight is 432 g/mol. The van der Waals surface area contributed by atoms with Crippen molar-refractivity contribution in [3.8, 4) is 5.75 Å². The van der Waals surface area contributed by atoms with Crippen molar-refractivity contribution >= 4 is 17.4 Å². The molecule has 1 saturated heterocycles. The molecule has 0 aliphatic carbocycles. The predicted molar refractivity (Wildman–Crippen MR) is 118 cm³/mol. The molecule has 0 spiro atoms. The van der Waals surface area contributed by atoms with Gasteiger partial charge < -0.3 is 19.2 Å². The molecule has 4 rings (SSSR count). The summed E-state index contributed by atoms with van der Waals surface area (Å²) in [7, 11) is 0. The number of ketones is 1. The van der Waals surface area contributed by atoms with Gasteiger partial charge in [0.25, 0.3) is 11.7 Å². The van der Waals surface area contributed by atoms with Crippen LogP contribution in [0.15, 0.2) is 70.9 Å². The number of pyridine rings is 1. The topological polar surface area (TPSA) is 92.9 Å². The van der Waals surface area contributed by atoms with Crippen molar-refractivity contribution in [2.24, 2.45) is 0 Å². The van der Waals surface area contributed by atoms with E-state index in [-0.39, 0.29) is 17.9 Å². The number of aliphatic hydroxyl groups excluding tert-OH is 1. The minimum Gasteiger partial charge on any atom is -0.507 e. The van der Waals surface area contributed by atoms with E-state index >= 15 is 0 Å². The molecule has 0 bridgehead atoms. The molecule has 0 radical (unpaired) electrons. The standard InChI is InChI=1S/C25H24N2O5/c1-3-12-31-19-8-4-7-18(13-19)23(28)21-22(20-10-9-16(2)32-20)27(25(30)24(21)29)15-17-6-5-11-26-14-17/h4-11,13-14,22,28H,3,12,15H2,1-2H3/b23-21+. The third-order valence-electron chi connectivity index (χ3n) is 5.23. The number of nitrogens with zero attached hydrogens (tertiary/aromatic N) is 2. The summed E-state index contributed by atoms with van der Waals surface area (Å²) in [5, 5.41) is 11.2. The third kappa shape index (κ3) is 4.14. The largest absolute Gasteiger partial charge is 0.507 e. The lowest BCUT2D eigenvalue weighted by atomic mass is 9.99. The number of rotatable bonds is 7. The lowest BCUT2D eigenvalue weighted by Gasteiger charge is -2.23. The molecule has 164 valence electrons. The average Bonchev–Trinajstić information content (AvgIpc) is 3.34. The Morgan fingerprint density at radius 2 is 2.03 bits per heavy atom. The number of carbonyl (C=O) groups is 2. The minimum atomic E-state index is -0.857. The molecule has 0 saturated carbocycles. The van der Waals surface area contributed by atoms with Crippen molar-refractivity contribution < 1.29 is 23.8 Å². The number of hydrogen-bond acceptors (Lipinski definition) is 6. The molecular weight excluding hydrogens is 408 g/mol. The highest BCUT2D eigenvalue weighted by atomic mass is 16.5. The van der Waals surface area contributed by atoms with E-state index in [0.717, 1.165) is 12.0 Å². The molecule has 1 aromatic carbocycles. The van der Waals surface area contributed by atoms with Crippen LogP contribution in [0.25, 0.3) is 5.76 Å². The van der Waals surface area contributed by atoms with Crippen LogP contribution in [0.5, 0.6) is 5.75 Å². The van der Waals surface area contributed by atoms with Crippen molar-refractivity contribution in [1.29, 1.82) is 0 Å². The predicted octanol–water partition coefficient (Wildman–Crippen LogP) is 4.39. The second-order valence-corrected chi connectivity index (χ2v) is 7.61. The SMILES string of the molecule is CCCOc1cccc(/C(O)=C2\C(=O)C(=O)N(Cc3cccnc3)C2c2ccc(C)o2)c1. The van der Waals surface area contributed by atoms with Crippen molar-refractivity contribution in [3.63, 3.8) is 0 Å². The summed E-state index contributed by atoms with van der Waals surface area (Å²) in [5.41, 5.74) is 1.14. The number of Topliss-reactive ketones (excluding diaryl/α,β-unsaturated/α-hetero) is 1. The van der Waals surface area contributed by atoms with Gasteiger partial charge in [0.2, 0.25) is 0 Å². The Labute approximate surface area is 186 Å². The molecule has 1 unspecified atom stereocenters. The number of hydrogen-bond donors (Lipinski definition) is 1. The van der Waals surface area contributed by atoms with Crippen LogP contribution in [0, 0.1) is 6.92 Å².